The first-order valence-corrected chi connectivity index (χ1v) is 13.1. The van der Waals surface area contributed by atoms with E-state index < -0.39 is 0 Å². The number of likely N-dealkylation sites (tertiary alicyclic amines) is 1. The Morgan fingerprint density at radius 2 is 1.95 bits per heavy atom. The van der Waals surface area contributed by atoms with Crippen LogP contribution < -0.4 is 0 Å². The van der Waals surface area contributed by atoms with E-state index in [-0.39, 0.29) is 5.82 Å². The van der Waals surface area contributed by atoms with Gasteiger partial charge in [-0.05, 0) is 53.9 Å². The third-order valence-electron chi connectivity index (χ3n) is 7.94. The molecule has 2 fully saturated rings. The molecule has 8 rings (SSSR count). The Balaban J connectivity index is 1.27. The van der Waals surface area contributed by atoms with Crippen LogP contribution in [0.25, 0.3) is 50.2 Å². The molecule has 6 heterocycles. The van der Waals surface area contributed by atoms with E-state index in [4.69, 9.17) is 14.8 Å². The van der Waals surface area contributed by atoms with Crippen LogP contribution in [-0.2, 0) is 11.3 Å². The smallest absolute Gasteiger partial charge is 0.164 e. The number of fused-ring (bicyclic) bond motifs is 4. The number of ether oxygens (including phenoxy) is 1. The lowest BCUT2D eigenvalue weighted by molar-refractivity contribution is 0.0273. The van der Waals surface area contributed by atoms with Gasteiger partial charge < -0.3 is 4.74 Å². The molecule has 0 radical (unpaired) electrons. The van der Waals surface area contributed by atoms with E-state index in [1.165, 1.54) is 0 Å². The molecule has 2 saturated heterocycles. The third kappa shape index (κ3) is 3.65. The summed E-state index contributed by atoms with van der Waals surface area (Å²) < 4.78 is 23.2. The SMILES string of the molecule is Fc1cc(CN2C[C@@H]3C[C@@H]2CO3)ccc1-c1ccnc2c(-c3cccc4[nH]ncc34)c(-c3ccncc3)nn12. The van der Waals surface area contributed by atoms with Crippen LogP contribution in [0, 0.1) is 5.82 Å². The molecule has 0 spiro atoms. The summed E-state index contributed by atoms with van der Waals surface area (Å²) >= 11 is 0. The molecule has 2 bridgehead atoms. The summed E-state index contributed by atoms with van der Waals surface area (Å²) in [6.45, 7) is 2.41. The van der Waals surface area contributed by atoms with Crippen LogP contribution in [-0.4, -0.2) is 60.0 Å². The van der Waals surface area contributed by atoms with Crippen molar-refractivity contribution in [2.75, 3.05) is 13.2 Å². The van der Waals surface area contributed by atoms with Crippen molar-refractivity contribution in [2.24, 2.45) is 0 Å². The predicted octanol–water partition coefficient (Wildman–Crippen LogP) is 5.11. The molecule has 9 heteroatoms. The summed E-state index contributed by atoms with van der Waals surface area (Å²) in [6.07, 6.45) is 8.41. The molecule has 0 unspecified atom stereocenters. The van der Waals surface area contributed by atoms with Gasteiger partial charge in [0.05, 0.1) is 35.7 Å². The highest BCUT2D eigenvalue weighted by atomic mass is 19.1. The van der Waals surface area contributed by atoms with Crippen molar-refractivity contribution in [3.05, 3.63) is 90.8 Å². The fraction of sp³-hybridized carbons (Fsp3) is 0.200. The molecular weight excluding hydrogens is 493 g/mol. The monoisotopic (exact) mass is 517 g/mol. The summed E-state index contributed by atoms with van der Waals surface area (Å²) in [5.41, 5.74) is 7.09. The van der Waals surface area contributed by atoms with E-state index in [0.29, 0.717) is 29.1 Å². The van der Waals surface area contributed by atoms with Gasteiger partial charge in [0, 0.05) is 54.2 Å². The molecule has 2 atom stereocenters. The second-order valence-corrected chi connectivity index (χ2v) is 10.3. The Hall–Kier alpha value is -4.47. The van der Waals surface area contributed by atoms with Crippen molar-refractivity contribution in [2.45, 2.75) is 25.1 Å². The minimum absolute atomic E-state index is 0.278. The van der Waals surface area contributed by atoms with Crippen molar-refractivity contribution in [1.29, 1.82) is 0 Å². The molecule has 1 N–H and O–H groups in total. The first-order chi connectivity index (χ1) is 19.2. The number of nitrogens with one attached hydrogen (secondary N) is 1. The second kappa shape index (κ2) is 8.79. The second-order valence-electron chi connectivity index (χ2n) is 10.3. The van der Waals surface area contributed by atoms with E-state index in [2.05, 4.69) is 20.1 Å². The lowest BCUT2D eigenvalue weighted by Gasteiger charge is -2.26. The molecule has 6 aromatic rings. The number of hydrogen-bond acceptors (Lipinski definition) is 6. The van der Waals surface area contributed by atoms with Crippen LogP contribution in [0.2, 0.25) is 0 Å². The van der Waals surface area contributed by atoms with E-state index >= 15 is 4.39 Å². The maximum absolute atomic E-state index is 15.7. The molecule has 2 aliphatic rings. The van der Waals surface area contributed by atoms with Gasteiger partial charge in [-0.15, -0.1) is 0 Å². The highest BCUT2D eigenvalue weighted by Crippen LogP contribution is 2.39. The van der Waals surface area contributed by atoms with Crippen molar-refractivity contribution in [1.82, 2.24) is 34.7 Å². The first kappa shape index (κ1) is 22.5. The molecular formula is C30H24FN7O. The molecule has 0 amide bonds. The average molecular weight is 518 g/mol. The molecule has 0 saturated carbocycles. The zero-order valence-electron chi connectivity index (χ0n) is 21.0. The van der Waals surface area contributed by atoms with Gasteiger partial charge in [0.2, 0.25) is 0 Å². The standard InChI is InChI=1S/C30H24FN7O/c31-25-12-18(15-37-16-21-13-20(37)17-39-21)4-5-23(25)27-8-11-33-30-28(22-2-1-3-26-24(22)14-34-35-26)29(36-38(27)30)19-6-9-32-10-7-19/h1-12,14,20-21H,13,15-17H2,(H,34,35)/t20-,21+/m1/s1. The number of rotatable bonds is 5. The van der Waals surface area contributed by atoms with Gasteiger partial charge in [0.25, 0.3) is 0 Å². The van der Waals surface area contributed by atoms with Crippen molar-refractivity contribution in [3.63, 3.8) is 0 Å². The van der Waals surface area contributed by atoms with Gasteiger partial charge in [-0.3, -0.25) is 15.0 Å². The molecule has 0 aliphatic carbocycles. The quantitative estimate of drug-likeness (QED) is 0.342. The van der Waals surface area contributed by atoms with Crippen LogP contribution in [0.3, 0.4) is 0 Å². The molecule has 8 nitrogen and oxygen atoms in total. The minimum Gasteiger partial charge on any atom is -0.375 e. The minimum atomic E-state index is -0.278. The van der Waals surface area contributed by atoms with Gasteiger partial charge in [0.15, 0.2) is 5.65 Å². The number of morpholine rings is 1. The van der Waals surface area contributed by atoms with E-state index in [1.807, 2.05) is 54.7 Å². The highest BCUT2D eigenvalue weighted by molar-refractivity contribution is 6.02. The number of benzene rings is 2. The van der Waals surface area contributed by atoms with E-state index in [9.17, 15) is 0 Å². The van der Waals surface area contributed by atoms with Crippen LogP contribution >= 0.6 is 0 Å². The van der Waals surface area contributed by atoms with Crippen molar-refractivity contribution >= 4 is 16.6 Å². The van der Waals surface area contributed by atoms with Crippen LogP contribution in [0.15, 0.2) is 79.4 Å². The zero-order valence-corrected chi connectivity index (χ0v) is 21.0. The summed E-state index contributed by atoms with van der Waals surface area (Å²) in [5.74, 6) is -0.278. The Morgan fingerprint density at radius 1 is 1.03 bits per heavy atom. The third-order valence-corrected chi connectivity index (χ3v) is 7.94. The van der Waals surface area contributed by atoms with Gasteiger partial charge >= 0.3 is 0 Å². The number of H-pyrrole nitrogens is 1. The zero-order chi connectivity index (χ0) is 25.9. The summed E-state index contributed by atoms with van der Waals surface area (Å²) in [5, 5.41) is 13.3. The largest absolute Gasteiger partial charge is 0.375 e. The lowest BCUT2D eigenvalue weighted by Crippen LogP contribution is -2.36. The van der Waals surface area contributed by atoms with Crippen LogP contribution in [0.4, 0.5) is 4.39 Å². The molecule has 192 valence electrons. The maximum atomic E-state index is 15.7. The average Bonchev–Trinajstić information content (AvgIpc) is 3.77. The number of hydrogen-bond donors (Lipinski definition) is 1. The number of pyridine rings is 1. The number of halogens is 1. The number of aromatic nitrogens is 6. The van der Waals surface area contributed by atoms with Crippen LogP contribution in [0.1, 0.15) is 12.0 Å². The van der Waals surface area contributed by atoms with Crippen molar-refractivity contribution < 1.29 is 9.13 Å². The fourth-order valence-electron chi connectivity index (χ4n) is 6.07. The van der Waals surface area contributed by atoms with Gasteiger partial charge in [-0.1, -0.05) is 18.2 Å². The Labute approximate surface area is 223 Å². The van der Waals surface area contributed by atoms with Crippen molar-refractivity contribution in [3.8, 4) is 33.6 Å². The van der Waals surface area contributed by atoms with E-state index in [0.717, 1.165) is 65.0 Å². The normalized spacial score (nSPS) is 19.0. The lowest BCUT2D eigenvalue weighted by atomic mass is 9.99. The molecule has 2 aliphatic heterocycles. The predicted molar refractivity (Wildman–Crippen MR) is 145 cm³/mol. The van der Waals surface area contributed by atoms with Gasteiger partial charge in [0.1, 0.15) is 11.5 Å². The Bertz CT molecular complexity index is 1850. The molecule has 2 aromatic carbocycles. The summed E-state index contributed by atoms with van der Waals surface area (Å²) in [4.78, 5) is 11.3. The first-order valence-electron chi connectivity index (χ1n) is 13.1. The Morgan fingerprint density at radius 3 is 2.77 bits per heavy atom. The highest BCUT2D eigenvalue weighted by Gasteiger charge is 2.38. The van der Waals surface area contributed by atoms with Gasteiger partial charge in [-0.2, -0.15) is 10.2 Å². The number of nitrogens with zero attached hydrogens (tertiary/aromatic N) is 6. The molecule has 39 heavy (non-hydrogen) atoms. The number of aromatic amines is 1. The van der Waals surface area contributed by atoms with Gasteiger partial charge in [-0.25, -0.2) is 13.9 Å². The van der Waals surface area contributed by atoms with E-state index in [1.54, 1.807) is 29.2 Å². The van der Waals surface area contributed by atoms with Crippen LogP contribution in [0.5, 0.6) is 0 Å². The maximum Gasteiger partial charge on any atom is 0.164 e. The summed E-state index contributed by atoms with van der Waals surface area (Å²) in [6, 6.07) is 17.6. The Kier molecular flexibility index (Phi) is 5.07. The molecule has 4 aromatic heterocycles. The summed E-state index contributed by atoms with van der Waals surface area (Å²) in [7, 11) is 0. The fourth-order valence-corrected chi connectivity index (χ4v) is 6.07. The topological polar surface area (TPSA) is 84.2 Å².